The van der Waals surface area contributed by atoms with E-state index in [4.69, 9.17) is 5.73 Å². The number of amidine groups is 1. The fraction of sp³-hybridized carbons (Fsp3) is 0.556. The largest absolute Gasteiger partial charge is 0.379 e. The number of hydrogen-bond donors (Lipinski definition) is 1. The molecular formula is C9H13N5O3. The van der Waals surface area contributed by atoms with Gasteiger partial charge >= 0.3 is 5.97 Å². The van der Waals surface area contributed by atoms with Crippen molar-refractivity contribution in [3.63, 3.8) is 0 Å². The maximum absolute atomic E-state index is 10.8. The van der Waals surface area contributed by atoms with Gasteiger partial charge in [0.2, 0.25) is 5.84 Å². The minimum absolute atomic E-state index is 0.128. The number of nitrogens with two attached hydrogens (primary N) is 1. The SMILES string of the molecule is CC(=O)O/N=C(/c1nonc1N)N1CCCC1. The van der Waals surface area contributed by atoms with Gasteiger partial charge in [-0.3, -0.25) is 0 Å². The Kier molecular flexibility index (Phi) is 3.22. The van der Waals surface area contributed by atoms with E-state index in [9.17, 15) is 4.79 Å². The summed E-state index contributed by atoms with van der Waals surface area (Å²) >= 11 is 0. The van der Waals surface area contributed by atoms with E-state index in [0.29, 0.717) is 11.5 Å². The molecule has 1 aromatic heterocycles. The first-order chi connectivity index (χ1) is 8.18. The van der Waals surface area contributed by atoms with Gasteiger partial charge in [-0.05, 0) is 23.2 Å². The van der Waals surface area contributed by atoms with Crippen LogP contribution in [0.1, 0.15) is 25.5 Å². The Labute approximate surface area is 97.3 Å². The van der Waals surface area contributed by atoms with Gasteiger partial charge in [0.25, 0.3) is 0 Å². The molecule has 1 fully saturated rings. The molecule has 0 aromatic carbocycles. The lowest BCUT2D eigenvalue weighted by atomic mass is 10.3. The van der Waals surface area contributed by atoms with Crippen LogP contribution in [-0.4, -0.2) is 40.1 Å². The molecule has 1 aliphatic heterocycles. The molecule has 1 aromatic rings. The summed E-state index contributed by atoms with van der Waals surface area (Å²) in [7, 11) is 0. The van der Waals surface area contributed by atoms with Gasteiger partial charge in [-0.15, -0.1) is 0 Å². The van der Waals surface area contributed by atoms with Crippen LogP contribution in [0.25, 0.3) is 0 Å². The van der Waals surface area contributed by atoms with E-state index in [0.717, 1.165) is 25.9 Å². The number of nitrogens with zero attached hydrogens (tertiary/aromatic N) is 4. The Hall–Kier alpha value is -2.12. The van der Waals surface area contributed by atoms with Crippen molar-refractivity contribution >= 4 is 17.6 Å². The van der Waals surface area contributed by atoms with E-state index in [-0.39, 0.29) is 5.82 Å². The average Bonchev–Trinajstić information content (AvgIpc) is 2.91. The number of rotatable bonds is 2. The molecule has 2 N–H and O–H groups in total. The van der Waals surface area contributed by atoms with Crippen molar-refractivity contribution in [3.05, 3.63) is 5.69 Å². The number of hydrogen-bond acceptors (Lipinski definition) is 7. The third kappa shape index (κ3) is 2.52. The summed E-state index contributed by atoms with van der Waals surface area (Å²) < 4.78 is 4.52. The molecule has 2 rings (SSSR count). The summed E-state index contributed by atoms with van der Waals surface area (Å²) in [5.41, 5.74) is 5.90. The Morgan fingerprint density at radius 1 is 1.47 bits per heavy atom. The number of aromatic nitrogens is 2. The Balaban J connectivity index is 2.26. The van der Waals surface area contributed by atoms with Crippen molar-refractivity contribution in [2.75, 3.05) is 18.8 Å². The summed E-state index contributed by atoms with van der Waals surface area (Å²) in [6.45, 7) is 2.90. The van der Waals surface area contributed by atoms with Crippen molar-refractivity contribution in [1.29, 1.82) is 0 Å². The van der Waals surface area contributed by atoms with Crippen molar-refractivity contribution in [1.82, 2.24) is 15.2 Å². The van der Waals surface area contributed by atoms with Gasteiger partial charge in [0.05, 0.1) is 0 Å². The molecule has 2 heterocycles. The monoisotopic (exact) mass is 239 g/mol. The lowest BCUT2D eigenvalue weighted by Crippen LogP contribution is -2.30. The highest BCUT2D eigenvalue weighted by Crippen LogP contribution is 2.15. The number of likely N-dealkylation sites (tertiary alicyclic amines) is 1. The molecule has 1 aliphatic rings. The maximum Gasteiger partial charge on any atom is 0.332 e. The topological polar surface area (TPSA) is 107 Å². The lowest BCUT2D eigenvalue weighted by molar-refractivity contribution is -0.141. The second kappa shape index (κ2) is 4.81. The molecule has 1 saturated heterocycles. The van der Waals surface area contributed by atoms with Gasteiger partial charge in [-0.1, -0.05) is 5.16 Å². The van der Waals surface area contributed by atoms with Crippen LogP contribution in [0.3, 0.4) is 0 Å². The van der Waals surface area contributed by atoms with Crippen molar-refractivity contribution in [2.24, 2.45) is 5.16 Å². The summed E-state index contributed by atoms with van der Waals surface area (Å²) in [5, 5.41) is 10.9. The Morgan fingerprint density at radius 3 is 2.71 bits per heavy atom. The molecule has 0 spiro atoms. The van der Waals surface area contributed by atoms with Crippen LogP contribution in [0.4, 0.5) is 5.82 Å². The quantitative estimate of drug-likeness (QED) is 0.334. The maximum atomic E-state index is 10.8. The zero-order valence-corrected chi connectivity index (χ0v) is 9.42. The van der Waals surface area contributed by atoms with Gasteiger partial charge in [-0.25, -0.2) is 9.42 Å². The molecule has 0 radical (unpaired) electrons. The number of anilines is 1. The molecule has 92 valence electrons. The molecule has 0 atom stereocenters. The average molecular weight is 239 g/mol. The summed E-state index contributed by atoms with van der Waals surface area (Å²) in [6, 6.07) is 0. The van der Waals surface area contributed by atoms with E-state index in [1.165, 1.54) is 6.92 Å². The summed E-state index contributed by atoms with van der Waals surface area (Å²) in [4.78, 5) is 17.3. The third-order valence-electron chi connectivity index (χ3n) is 2.39. The second-order valence-electron chi connectivity index (χ2n) is 3.69. The van der Waals surface area contributed by atoms with Gasteiger partial charge in [0, 0.05) is 20.0 Å². The molecule has 0 unspecified atom stereocenters. The predicted octanol–water partition coefficient (Wildman–Crippen LogP) is -0.0277. The molecule has 8 heteroatoms. The predicted molar refractivity (Wildman–Crippen MR) is 57.8 cm³/mol. The van der Waals surface area contributed by atoms with Crippen LogP contribution in [0, 0.1) is 0 Å². The first kappa shape index (κ1) is 11.4. The zero-order valence-electron chi connectivity index (χ0n) is 9.42. The van der Waals surface area contributed by atoms with Crippen molar-refractivity contribution in [3.8, 4) is 0 Å². The highest BCUT2D eigenvalue weighted by atomic mass is 16.7. The van der Waals surface area contributed by atoms with Crippen LogP contribution in [0.2, 0.25) is 0 Å². The van der Waals surface area contributed by atoms with E-state index < -0.39 is 5.97 Å². The first-order valence-corrected chi connectivity index (χ1v) is 5.27. The highest BCUT2D eigenvalue weighted by Gasteiger charge is 2.24. The molecule has 17 heavy (non-hydrogen) atoms. The fourth-order valence-corrected chi connectivity index (χ4v) is 1.64. The Bertz CT molecular complexity index is 436. The minimum Gasteiger partial charge on any atom is -0.379 e. The van der Waals surface area contributed by atoms with E-state index in [2.05, 4.69) is 24.9 Å². The minimum atomic E-state index is -0.503. The Morgan fingerprint density at radius 2 is 2.18 bits per heavy atom. The normalized spacial score (nSPS) is 16.3. The number of carbonyl (C=O) groups is 1. The van der Waals surface area contributed by atoms with Gasteiger partial charge in [0.1, 0.15) is 0 Å². The number of nitrogen functional groups attached to an aromatic ring is 1. The molecule has 0 aliphatic carbocycles. The summed E-state index contributed by atoms with van der Waals surface area (Å²) in [5.74, 6) is 0.0102. The van der Waals surface area contributed by atoms with E-state index in [1.54, 1.807) is 0 Å². The highest BCUT2D eigenvalue weighted by molar-refractivity contribution is 6.00. The smallest absolute Gasteiger partial charge is 0.332 e. The molecule has 8 nitrogen and oxygen atoms in total. The number of oxime groups is 1. The molecular weight excluding hydrogens is 226 g/mol. The summed E-state index contributed by atoms with van der Waals surface area (Å²) in [6.07, 6.45) is 2.09. The molecule has 0 amide bonds. The van der Waals surface area contributed by atoms with Crippen LogP contribution in [0.15, 0.2) is 9.78 Å². The zero-order chi connectivity index (χ0) is 12.3. The number of carbonyl (C=O) groups excluding carboxylic acids is 1. The van der Waals surface area contributed by atoms with Crippen LogP contribution < -0.4 is 5.73 Å². The standard InChI is InChI=1S/C9H13N5O3/c1-6(15)16-13-9(14-4-2-3-5-14)7-8(10)12-17-11-7/h2-5H2,1H3,(H2,10,12)/b13-9-. The van der Waals surface area contributed by atoms with Crippen LogP contribution in [0.5, 0.6) is 0 Å². The van der Waals surface area contributed by atoms with Gasteiger partial charge < -0.3 is 15.5 Å². The van der Waals surface area contributed by atoms with Gasteiger partial charge in [0.15, 0.2) is 11.5 Å². The molecule has 0 bridgehead atoms. The van der Waals surface area contributed by atoms with Crippen molar-refractivity contribution < 1.29 is 14.3 Å². The lowest BCUT2D eigenvalue weighted by Gasteiger charge is -2.16. The third-order valence-corrected chi connectivity index (χ3v) is 2.39. The van der Waals surface area contributed by atoms with Gasteiger partial charge in [-0.2, -0.15) is 0 Å². The second-order valence-corrected chi connectivity index (χ2v) is 3.69. The van der Waals surface area contributed by atoms with Crippen LogP contribution >= 0.6 is 0 Å². The molecule has 0 saturated carbocycles. The van der Waals surface area contributed by atoms with E-state index in [1.807, 2.05) is 4.90 Å². The fourth-order valence-electron chi connectivity index (χ4n) is 1.64. The van der Waals surface area contributed by atoms with Crippen molar-refractivity contribution in [2.45, 2.75) is 19.8 Å². The van der Waals surface area contributed by atoms with Crippen LogP contribution in [-0.2, 0) is 9.63 Å². The first-order valence-electron chi connectivity index (χ1n) is 5.27. The van der Waals surface area contributed by atoms with E-state index >= 15 is 0 Å².